The summed E-state index contributed by atoms with van der Waals surface area (Å²) in [5.41, 5.74) is 6.09. The van der Waals surface area contributed by atoms with E-state index in [2.05, 4.69) is 0 Å². The van der Waals surface area contributed by atoms with Crippen molar-refractivity contribution >= 4 is 11.7 Å². The van der Waals surface area contributed by atoms with Crippen molar-refractivity contribution in [2.24, 2.45) is 5.73 Å². The first kappa shape index (κ1) is 11.4. The highest BCUT2D eigenvalue weighted by Crippen LogP contribution is 2.19. The molecule has 80 valence electrons. The van der Waals surface area contributed by atoms with Gasteiger partial charge in [0.25, 0.3) is 0 Å². The van der Waals surface area contributed by atoms with Gasteiger partial charge in [-0.15, -0.1) is 0 Å². The number of carbonyl (C=O) groups excluding carboxylic acids is 2. The van der Waals surface area contributed by atoms with Crippen molar-refractivity contribution in [1.29, 1.82) is 0 Å². The van der Waals surface area contributed by atoms with E-state index < -0.39 is 11.8 Å². The van der Waals surface area contributed by atoms with Crippen LogP contribution in [0.15, 0.2) is 30.3 Å². The Hall–Kier alpha value is -1.64. The van der Waals surface area contributed by atoms with Gasteiger partial charge in [0.1, 0.15) is 5.78 Å². The topological polar surface area (TPSA) is 60.2 Å². The van der Waals surface area contributed by atoms with E-state index >= 15 is 0 Å². The second-order valence-corrected chi connectivity index (χ2v) is 3.46. The second kappa shape index (κ2) is 5.29. The SMILES string of the molecule is CCC(=O)C[C@H](C(N)=O)c1ccccc1. The first-order valence-electron chi connectivity index (χ1n) is 5.01. The van der Waals surface area contributed by atoms with Crippen LogP contribution >= 0.6 is 0 Å². The molecule has 2 N–H and O–H groups in total. The maximum absolute atomic E-state index is 11.3. The van der Waals surface area contributed by atoms with Gasteiger partial charge in [-0.2, -0.15) is 0 Å². The summed E-state index contributed by atoms with van der Waals surface area (Å²) in [6.45, 7) is 1.78. The highest BCUT2D eigenvalue weighted by molar-refractivity contribution is 5.89. The summed E-state index contributed by atoms with van der Waals surface area (Å²) >= 11 is 0. The maximum Gasteiger partial charge on any atom is 0.225 e. The predicted molar refractivity (Wildman–Crippen MR) is 58.3 cm³/mol. The number of amides is 1. The molecule has 0 aliphatic rings. The number of hydrogen-bond donors (Lipinski definition) is 1. The van der Waals surface area contributed by atoms with Gasteiger partial charge in [0.15, 0.2) is 0 Å². The molecule has 0 spiro atoms. The van der Waals surface area contributed by atoms with Crippen molar-refractivity contribution in [3.05, 3.63) is 35.9 Å². The van der Waals surface area contributed by atoms with Crippen molar-refractivity contribution in [3.8, 4) is 0 Å². The van der Waals surface area contributed by atoms with E-state index in [4.69, 9.17) is 5.73 Å². The van der Waals surface area contributed by atoms with E-state index in [9.17, 15) is 9.59 Å². The zero-order valence-electron chi connectivity index (χ0n) is 8.77. The van der Waals surface area contributed by atoms with Crippen molar-refractivity contribution in [1.82, 2.24) is 0 Å². The molecule has 1 rings (SSSR count). The van der Waals surface area contributed by atoms with E-state index in [0.717, 1.165) is 5.56 Å². The standard InChI is InChI=1S/C12H15NO2/c1-2-10(14)8-11(12(13)15)9-6-4-3-5-7-9/h3-7,11H,2,8H2,1H3,(H2,13,15)/t11-/m0/s1. The molecule has 0 heterocycles. The molecule has 3 heteroatoms. The van der Waals surface area contributed by atoms with Crippen molar-refractivity contribution < 1.29 is 9.59 Å². The Morgan fingerprint density at radius 1 is 1.27 bits per heavy atom. The number of ketones is 1. The lowest BCUT2D eigenvalue weighted by molar-refractivity contribution is -0.124. The molecular weight excluding hydrogens is 190 g/mol. The van der Waals surface area contributed by atoms with E-state index in [1.165, 1.54) is 0 Å². The van der Waals surface area contributed by atoms with E-state index in [-0.39, 0.29) is 12.2 Å². The molecule has 0 aliphatic carbocycles. The van der Waals surface area contributed by atoms with Crippen LogP contribution < -0.4 is 5.73 Å². The molecule has 0 radical (unpaired) electrons. The molecule has 0 aromatic heterocycles. The third kappa shape index (κ3) is 3.20. The van der Waals surface area contributed by atoms with Gasteiger partial charge in [-0.1, -0.05) is 37.3 Å². The average molecular weight is 205 g/mol. The molecule has 0 saturated carbocycles. The Labute approximate surface area is 89.3 Å². The second-order valence-electron chi connectivity index (χ2n) is 3.46. The summed E-state index contributed by atoms with van der Waals surface area (Å²) in [5, 5.41) is 0. The number of primary amides is 1. The monoisotopic (exact) mass is 205 g/mol. The number of benzene rings is 1. The van der Waals surface area contributed by atoms with E-state index in [1.807, 2.05) is 30.3 Å². The minimum atomic E-state index is -0.487. The largest absolute Gasteiger partial charge is 0.369 e. The third-order valence-electron chi connectivity index (χ3n) is 2.37. The zero-order valence-corrected chi connectivity index (χ0v) is 8.77. The highest BCUT2D eigenvalue weighted by Gasteiger charge is 2.20. The molecule has 0 aliphatic heterocycles. The lowest BCUT2D eigenvalue weighted by atomic mass is 9.92. The Bertz CT molecular complexity index is 346. The van der Waals surface area contributed by atoms with Crippen LogP contribution in [0.3, 0.4) is 0 Å². The first-order valence-corrected chi connectivity index (χ1v) is 5.01. The van der Waals surface area contributed by atoms with Gasteiger partial charge in [-0.3, -0.25) is 9.59 Å². The first-order chi connectivity index (χ1) is 7.15. The van der Waals surface area contributed by atoms with Gasteiger partial charge in [-0.05, 0) is 5.56 Å². The number of carbonyl (C=O) groups is 2. The van der Waals surface area contributed by atoms with Crippen LogP contribution in [0, 0.1) is 0 Å². The van der Waals surface area contributed by atoms with Crippen LogP contribution in [0.5, 0.6) is 0 Å². The summed E-state index contributed by atoms with van der Waals surface area (Å²) < 4.78 is 0. The van der Waals surface area contributed by atoms with Gasteiger partial charge in [0, 0.05) is 12.8 Å². The molecule has 1 amide bonds. The van der Waals surface area contributed by atoms with Crippen molar-refractivity contribution in [2.75, 3.05) is 0 Å². The molecule has 1 aromatic rings. The molecule has 3 nitrogen and oxygen atoms in total. The van der Waals surface area contributed by atoms with E-state index in [0.29, 0.717) is 6.42 Å². The minimum Gasteiger partial charge on any atom is -0.369 e. The van der Waals surface area contributed by atoms with Gasteiger partial charge in [-0.25, -0.2) is 0 Å². The number of hydrogen-bond acceptors (Lipinski definition) is 2. The van der Waals surface area contributed by atoms with Crippen LogP contribution in [0.2, 0.25) is 0 Å². The summed E-state index contributed by atoms with van der Waals surface area (Å²) in [5.74, 6) is -0.871. The fourth-order valence-electron chi connectivity index (χ4n) is 1.44. The number of Topliss-reactive ketones (excluding diaryl/α,β-unsaturated/α-hetero) is 1. The Kier molecular flexibility index (Phi) is 4.03. The average Bonchev–Trinajstić information content (AvgIpc) is 2.26. The summed E-state index contributed by atoms with van der Waals surface area (Å²) in [4.78, 5) is 22.5. The fraction of sp³-hybridized carbons (Fsp3) is 0.333. The normalized spacial score (nSPS) is 12.1. The van der Waals surface area contributed by atoms with Crippen LogP contribution in [0.1, 0.15) is 31.2 Å². The number of nitrogens with two attached hydrogens (primary N) is 1. The predicted octanol–water partition coefficient (Wildman–Crippen LogP) is 1.62. The van der Waals surface area contributed by atoms with Crippen LogP contribution in [0.25, 0.3) is 0 Å². The summed E-state index contributed by atoms with van der Waals surface area (Å²) in [6.07, 6.45) is 0.645. The Morgan fingerprint density at radius 2 is 1.87 bits per heavy atom. The molecule has 0 unspecified atom stereocenters. The molecule has 0 saturated heterocycles. The molecule has 15 heavy (non-hydrogen) atoms. The molecule has 0 fully saturated rings. The molecular formula is C12H15NO2. The zero-order chi connectivity index (χ0) is 11.3. The fourth-order valence-corrected chi connectivity index (χ4v) is 1.44. The lowest BCUT2D eigenvalue weighted by Crippen LogP contribution is -2.23. The third-order valence-corrected chi connectivity index (χ3v) is 2.37. The Balaban J connectivity index is 2.84. The van der Waals surface area contributed by atoms with Crippen LogP contribution in [0.4, 0.5) is 0 Å². The van der Waals surface area contributed by atoms with Gasteiger partial charge >= 0.3 is 0 Å². The summed E-state index contributed by atoms with van der Waals surface area (Å²) in [6, 6.07) is 9.17. The van der Waals surface area contributed by atoms with Gasteiger partial charge in [0.2, 0.25) is 5.91 Å². The quantitative estimate of drug-likeness (QED) is 0.794. The lowest BCUT2D eigenvalue weighted by Gasteiger charge is -2.12. The molecule has 1 atom stereocenters. The minimum absolute atomic E-state index is 0.0580. The Morgan fingerprint density at radius 3 is 2.33 bits per heavy atom. The molecule has 1 aromatic carbocycles. The van der Waals surface area contributed by atoms with E-state index in [1.54, 1.807) is 6.92 Å². The maximum atomic E-state index is 11.3. The smallest absolute Gasteiger partial charge is 0.225 e. The van der Waals surface area contributed by atoms with Crippen LogP contribution in [-0.4, -0.2) is 11.7 Å². The molecule has 0 bridgehead atoms. The van der Waals surface area contributed by atoms with Crippen molar-refractivity contribution in [2.45, 2.75) is 25.7 Å². The van der Waals surface area contributed by atoms with Crippen LogP contribution in [-0.2, 0) is 9.59 Å². The van der Waals surface area contributed by atoms with Gasteiger partial charge < -0.3 is 5.73 Å². The van der Waals surface area contributed by atoms with Crippen molar-refractivity contribution in [3.63, 3.8) is 0 Å². The van der Waals surface area contributed by atoms with Gasteiger partial charge in [0.05, 0.1) is 5.92 Å². The summed E-state index contributed by atoms with van der Waals surface area (Å²) in [7, 11) is 0. The number of rotatable bonds is 5. The highest BCUT2D eigenvalue weighted by atomic mass is 16.1.